The molecule has 0 amide bonds. The topological polar surface area (TPSA) is 60.7 Å². The van der Waals surface area contributed by atoms with Crippen molar-refractivity contribution in [2.75, 3.05) is 0 Å². The van der Waals surface area contributed by atoms with E-state index in [4.69, 9.17) is 14.7 Å². The van der Waals surface area contributed by atoms with Gasteiger partial charge in [-0.3, -0.25) is 0 Å². The van der Waals surface area contributed by atoms with Crippen LogP contribution in [0.2, 0.25) is 0 Å². The minimum atomic E-state index is -2.62. The summed E-state index contributed by atoms with van der Waals surface area (Å²) in [6.45, 7) is 0. The monoisotopic (exact) mass is 172 g/mol. The van der Waals surface area contributed by atoms with Crippen molar-refractivity contribution >= 4 is 8.60 Å². The van der Waals surface area contributed by atoms with E-state index < -0.39 is 8.60 Å². The molecular formula is H3O3PZr. The van der Waals surface area contributed by atoms with E-state index in [1.54, 1.807) is 0 Å². The van der Waals surface area contributed by atoms with E-state index in [0.29, 0.717) is 0 Å². The molecule has 0 aromatic heterocycles. The summed E-state index contributed by atoms with van der Waals surface area (Å²) in [5, 5.41) is 0. The Morgan fingerprint density at radius 2 is 1.00 bits per heavy atom. The summed E-state index contributed by atoms with van der Waals surface area (Å²) in [6, 6.07) is 0. The van der Waals surface area contributed by atoms with E-state index in [-0.39, 0.29) is 26.2 Å². The first-order valence-electron chi connectivity index (χ1n) is 0.600. The molecule has 0 rings (SSSR count). The second-order valence-electron chi connectivity index (χ2n) is 0.268. The van der Waals surface area contributed by atoms with Crippen LogP contribution in [0.5, 0.6) is 0 Å². The molecule has 0 heterocycles. The quantitative estimate of drug-likeness (QED) is 0.420. The Hall–Kier alpha value is 1.19. The summed E-state index contributed by atoms with van der Waals surface area (Å²) in [4.78, 5) is 21.7. The van der Waals surface area contributed by atoms with Crippen LogP contribution in [-0.2, 0) is 26.2 Å². The Bertz CT molecular complexity index is 11.6. The average molecular weight is 173 g/mol. The number of hydrogen-bond donors (Lipinski definition) is 3. The third kappa shape index (κ3) is 37.2. The molecule has 3 nitrogen and oxygen atoms in total. The van der Waals surface area contributed by atoms with Gasteiger partial charge in [-0.15, -0.1) is 0 Å². The molecule has 0 aliphatic heterocycles. The van der Waals surface area contributed by atoms with Crippen LogP contribution in [0.1, 0.15) is 0 Å². The predicted octanol–water partition coefficient (Wildman–Crippen LogP) is -0.812. The minimum Gasteiger partial charge on any atom is -0.328 e. The molecule has 0 saturated heterocycles. The summed E-state index contributed by atoms with van der Waals surface area (Å²) >= 11 is 0. The molecule has 30 valence electrons. The van der Waals surface area contributed by atoms with Crippen molar-refractivity contribution < 1.29 is 40.9 Å². The second kappa shape index (κ2) is 5.19. The smallest absolute Gasteiger partial charge is 0.324 e. The molecule has 0 aromatic rings. The van der Waals surface area contributed by atoms with Crippen LogP contribution >= 0.6 is 8.60 Å². The summed E-state index contributed by atoms with van der Waals surface area (Å²) < 4.78 is 0. The Morgan fingerprint density at radius 3 is 1.00 bits per heavy atom. The number of rotatable bonds is 0. The van der Waals surface area contributed by atoms with Gasteiger partial charge in [-0.05, 0) is 0 Å². The van der Waals surface area contributed by atoms with Crippen molar-refractivity contribution in [1.82, 2.24) is 0 Å². The molecule has 0 aliphatic rings. The van der Waals surface area contributed by atoms with Crippen molar-refractivity contribution in [1.29, 1.82) is 0 Å². The Balaban J connectivity index is 0. The van der Waals surface area contributed by atoms with Gasteiger partial charge in [0.05, 0.1) is 0 Å². The van der Waals surface area contributed by atoms with Gasteiger partial charge in [0.1, 0.15) is 0 Å². The number of hydrogen-bond acceptors (Lipinski definition) is 3. The maximum Gasteiger partial charge on any atom is 0.324 e. The van der Waals surface area contributed by atoms with Crippen molar-refractivity contribution in [2.45, 2.75) is 0 Å². The van der Waals surface area contributed by atoms with Crippen LogP contribution in [0, 0.1) is 0 Å². The van der Waals surface area contributed by atoms with E-state index in [2.05, 4.69) is 0 Å². The Morgan fingerprint density at radius 1 is 1.00 bits per heavy atom. The van der Waals surface area contributed by atoms with E-state index in [0.717, 1.165) is 0 Å². The molecule has 5 heavy (non-hydrogen) atoms. The first kappa shape index (κ1) is 9.50. The fourth-order valence-corrected chi connectivity index (χ4v) is 0. The van der Waals surface area contributed by atoms with Gasteiger partial charge in [0.25, 0.3) is 0 Å². The molecule has 0 fully saturated rings. The molecule has 0 spiro atoms. The van der Waals surface area contributed by atoms with E-state index in [1.807, 2.05) is 0 Å². The van der Waals surface area contributed by atoms with Crippen molar-refractivity contribution in [3.05, 3.63) is 0 Å². The summed E-state index contributed by atoms with van der Waals surface area (Å²) in [5.74, 6) is 0. The third-order valence-corrected chi connectivity index (χ3v) is 0. The summed E-state index contributed by atoms with van der Waals surface area (Å²) in [6.07, 6.45) is 0. The maximum atomic E-state index is 7.23. The maximum absolute atomic E-state index is 7.23. The van der Waals surface area contributed by atoms with Crippen LogP contribution in [0.4, 0.5) is 0 Å². The molecule has 0 atom stereocenters. The van der Waals surface area contributed by atoms with Crippen molar-refractivity contribution in [3.63, 3.8) is 0 Å². The van der Waals surface area contributed by atoms with Crippen LogP contribution in [-0.4, -0.2) is 14.7 Å². The zero-order valence-electron chi connectivity index (χ0n) is 2.29. The molecule has 0 aromatic carbocycles. The Labute approximate surface area is 49.8 Å². The van der Waals surface area contributed by atoms with Crippen LogP contribution in [0.3, 0.4) is 0 Å². The normalized spacial score (nSPS) is 7.20. The zero-order chi connectivity index (χ0) is 3.58. The van der Waals surface area contributed by atoms with E-state index in [1.165, 1.54) is 0 Å². The molecule has 0 radical (unpaired) electrons. The first-order valence-corrected chi connectivity index (χ1v) is 1.80. The summed E-state index contributed by atoms with van der Waals surface area (Å²) in [7, 11) is -2.62. The van der Waals surface area contributed by atoms with Gasteiger partial charge in [-0.25, -0.2) is 0 Å². The molecule has 5 heteroatoms. The summed E-state index contributed by atoms with van der Waals surface area (Å²) in [5.41, 5.74) is 0. The standard InChI is InChI=1S/H3O3P.Zr/c1-4(2)3;/h1-3H;. The zero-order valence-corrected chi connectivity index (χ0v) is 5.64. The fraction of sp³-hybridized carbons (Fsp3) is 0. The molecule has 0 aliphatic carbocycles. The van der Waals surface area contributed by atoms with Gasteiger partial charge in [0, 0.05) is 26.2 Å². The van der Waals surface area contributed by atoms with E-state index >= 15 is 0 Å². The molecular weight excluding hydrogens is 170 g/mol. The van der Waals surface area contributed by atoms with Gasteiger partial charge in [0.15, 0.2) is 0 Å². The van der Waals surface area contributed by atoms with E-state index in [9.17, 15) is 0 Å². The van der Waals surface area contributed by atoms with Crippen LogP contribution in [0.25, 0.3) is 0 Å². The Kier molecular flexibility index (Phi) is 9.87. The average Bonchev–Trinajstić information content (AvgIpc) is 0.811. The molecule has 0 bridgehead atoms. The first-order chi connectivity index (χ1) is 1.73. The fourth-order valence-electron chi connectivity index (χ4n) is 0. The van der Waals surface area contributed by atoms with Crippen LogP contribution in [0.15, 0.2) is 0 Å². The van der Waals surface area contributed by atoms with Crippen LogP contribution < -0.4 is 0 Å². The molecule has 3 N–H and O–H groups in total. The van der Waals surface area contributed by atoms with Gasteiger partial charge < -0.3 is 14.7 Å². The van der Waals surface area contributed by atoms with Gasteiger partial charge >= 0.3 is 8.60 Å². The van der Waals surface area contributed by atoms with Crippen molar-refractivity contribution in [2.24, 2.45) is 0 Å². The molecule has 0 unspecified atom stereocenters. The van der Waals surface area contributed by atoms with Crippen molar-refractivity contribution in [3.8, 4) is 0 Å². The van der Waals surface area contributed by atoms with Gasteiger partial charge in [-0.1, -0.05) is 0 Å². The second-order valence-corrected chi connectivity index (χ2v) is 0.805. The third-order valence-electron chi connectivity index (χ3n) is 0. The largest absolute Gasteiger partial charge is 0.328 e. The SMILES string of the molecule is OP(O)O.[Zr]. The predicted molar refractivity (Wildman–Crippen MR) is 13.6 cm³/mol. The van der Waals surface area contributed by atoms with Gasteiger partial charge in [-0.2, -0.15) is 0 Å². The van der Waals surface area contributed by atoms with Gasteiger partial charge in [0.2, 0.25) is 0 Å². The molecule has 0 saturated carbocycles. The minimum absolute atomic E-state index is 0.